The van der Waals surface area contributed by atoms with Crippen LogP contribution >= 0.6 is 0 Å². The van der Waals surface area contributed by atoms with Gasteiger partial charge in [-0.2, -0.15) is 0 Å². The summed E-state index contributed by atoms with van der Waals surface area (Å²) in [4.78, 5) is 25.5. The lowest BCUT2D eigenvalue weighted by Gasteiger charge is -2.11. The minimum Gasteiger partial charge on any atom is -0.309 e. The van der Waals surface area contributed by atoms with Crippen LogP contribution in [0.2, 0.25) is 0 Å². The van der Waals surface area contributed by atoms with Gasteiger partial charge >= 0.3 is 0 Å². The van der Waals surface area contributed by atoms with Crippen molar-refractivity contribution in [2.24, 2.45) is 0 Å². The Morgan fingerprint density at radius 1 is 0.128 bits per heavy atom. The molecule has 14 heterocycles. The Morgan fingerprint density at radius 2 is 0.355 bits per heavy atom. The summed E-state index contributed by atoms with van der Waals surface area (Å²) in [6, 6.07) is 161. The number of hydrogen-bond acceptors (Lipinski definition) is 5. The van der Waals surface area contributed by atoms with Crippen LogP contribution in [0.5, 0.6) is 0 Å². The molecule has 0 spiro atoms. The van der Waals surface area contributed by atoms with Gasteiger partial charge in [-0.25, -0.2) is 19.9 Å². The van der Waals surface area contributed by atoms with Gasteiger partial charge in [0.05, 0.1) is 116 Å². The number of aromatic nitrogens is 14. The second kappa shape index (κ2) is 29.6. The number of pyridine rings is 5. The van der Waals surface area contributed by atoms with E-state index in [2.05, 4.69) is 471 Å². The number of fused-ring (bicyclic) bond motifs is 42. The Bertz CT molecular complexity index is 10200. The van der Waals surface area contributed by atoms with Crippen LogP contribution in [0.3, 0.4) is 0 Å². The molecule has 0 atom stereocenters. The average molecular weight is 1800 g/mol. The van der Waals surface area contributed by atoms with E-state index in [1.807, 2.05) is 30.6 Å². The van der Waals surface area contributed by atoms with Gasteiger partial charge in [-0.05, 0) is 241 Å². The fraction of sp³-hybridized carbons (Fsp3) is 0. The predicted octanol–water partition coefficient (Wildman–Crippen LogP) is 31.8. The molecule has 0 saturated carbocycles. The second-order valence-corrected chi connectivity index (χ2v) is 37.0. The summed E-state index contributed by atoms with van der Waals surface area (Å²) >= 11 is 0. The van der Waals surface area contributed by atoms with E-state index in [0.29, 0.717) is 0 Å². The number of rotatable bonds is 6. The highest BCUT2D eigenvalue weighted by Gasteiger charge is 2.28. The monoisotopic (exact) mass is 1800 g/mol. The molecule has 0 radical (unpaired) electrons. The lowest BCUT2D eigenvalue weighted by atomic mass is 10.0. The molecule has 33 aromatic rings. The van der Waals surface area contributed by atoms with E-state index < -0.39 is 0 Å². The molecule has 14 nitrogen and oxygen atoms in total. The highest BCUT2D eigenvalue weighted by Crippen LogP contribution is 2.49. The van der Waals surface area contributed by atoms with Gasteiger partial charge < -0.3 is 27.4 Å². The van der Waals surface area contributed by atoms with E-state index in [4.69, 9.17) is 24.9 Å². The molecule has 141 heavy (non-hydrogen) atoms. The average Bonchev–Trinajstić information content (AvgIpc) is 1.55. The van der Waals surface area contributed by atoms with Gasteiger partial charge in [-0.1, -0.05) is 218 Å². The van der Waals surface area contributed by atoms with Gasteiger partial charge in [0, 0.05) is 143 Å². The van der Waals surface area contributed by atoms with Gasteiger partial charge in [0.25, 0.3) is 0 Å². The number of nitrogens with zero attached hydrogens (tertiary/aromatic N) is 14. The van der Waals surface area contributed by atoms with Gasteiger partial charge in [0.1, 0.15) is 22.6 Å². The Balaban J connectivity index is 0.0000000972. The van der Waals surface area contributed by atoms with Crippen molar-refractivity contribution in [2.75, 3.05) is 0 Å². The minimum absolute atomic E-state index is 0.918. The number of imidazole rings is 3. The number of para-hydroxylation sites is 16. The zero-order chi connectivity index (χ0) is 91.9. The number of benzene rings is 19. The number of hydrogen-bond donors (Lipinski definition) is 0. The van der Waals surface area contributed by atoms with Gasteiger partial charge in [-0.3, -0.25) is 18.2 Å². The van der Waals surface area contributed by atoms with Crippen molar-refractivity contribution in [3.05, 3.63) is 461 Å². The Hall–Kier alpha value is -19.3. The third kappa shape index (κ3) is 11.1. The Labute approximate surface area is 801 Å². The molecule has 0 unspecified atom stereocenters. The molecule has 0 amide bonds. The lowest BCUT2D eigenvalue weighted by Crippen LogP contribution is -1.96. The van der Waals surface area contributed by atoms with E-state index in [0.717, 1.165) is 144 Å². The summed E-state index contributed by atoms with van der Waals surface area (Å²) in [6.45, 7) is 0. The lowest BCUT2D eigenvalue weighted by molar-refractivity contribution is 1.17. The molecule has 0 N–H and O–H groups in total. The molecule has 33 rings (SSSR count). The van der Waals surface area contributed by atoms with E-state index in [9.17, 15) is 0 Å². The van der Waals surface area contributed by atoms with Crippen molar-refractivity contribution in [1.82, 2.24) is 65.5 Å². The first-order valence-corrected chi connectivity index (χ1v) is 47.9. The minimum atomic E-state index is 0.918. The fourth-order valence-corrected chi connectivity index (χ4v) is 23.7. The molecule has 0 saturated heterocycles. The van der Waals surface area contributed by atoms with Crippen LogP contribution < -0.4 is 0 Å². The third-order valence-electron chi connectivity index (χ3n) is 29.6. The normalized spacial score (nSPS) is 12.3. The molecule has 14 aromatic heterocycles. The smallest absolute Gasteiger partial charge is 0.147 e. The van der Waals surface area contributed by atoms with Crippen LogP contribution in [0.25, 0.3) is 280 Å². The molecular weight excluding hydrogens is 1720 g/mol. The molecule has 0 aliphatic heterocycles. The second-order valence-electron chi connectivity index (χ2n) is 37.0. The van der Waals surface area contributed by atoms with Crippen molar-refractivity contribution < 1.29 is 0 Å². The molecule has 0 aliphatic carbocycles. The van der Waals surface area contributed by atoms with E-state index >= 15 is 0 Å². The van der Waals surface area contributed by atoms with Crippen LogP contribution in [0.1, 0.15) is 0 Å². The Kier molecular flexibility index (Phi) is 16.2. The molecular formula is C127H76N14. The first-order valence-electron chi connectivity index (χ1n) is 47.9. The Morgan fingerprint density at radius 3 is 0.723 bits per heavy atom. The highest BCUT2D eigenvalue weighted by atomic mass is 15.1. The first-order chi connectivity index (χ1) is 70.0. The van der Waals surface area contributed by atoms with E-state index in [1.54, 1.807) is 0 Å². The van der Waals surface area contributed by atoms with Crippen LogP contribution in [0.15, 0.2) is 461 Å². The molecule has 0 fully saturated rings. The molecule has 0 aliphatic rings. The molecule has 654 valence electrons. The van der Waals surface area contributed by atoms with Crippen LogP contribution in [0, 0.1) is 0 Å². The summed E-state index contributed by atoms with van der Waals surface area (Å²) in [5.74, 6) is 0. The summed E-state index contributed by atoms with van der Waals surface area (Å²) in [5, 5.41) is 23.9. The fourth-order valence-electron chi connectivity index (χ4n) is 23.7. The maximum atomic E-state index is 5.22. The SMILES string of the molecule is c1ccc(-n2c3ccccc3c3cc4c(cc32)c2cc3c(cc2n4-c2ccccc2)c2nc4ccccc4n2c2cccnc32)cc1.c1ccc(-n2c3ccccc3c3cc4c(cc32)c2cc3c5ccccc5n5c6ccccc6nc5c3cc2n4-c2ccccc2)cc1.c1ccc(-n2c3ccccc3c3cc4c(cc32)c2cc3c5cccnc5n5c6ccccc6nc5c3cc2n4-c2ccccc2)cc1. The van der Waals surface area contributed by atoms with Crippen LogP contribution in [0.4, 0.5) is 0 Å². The zero-order valence-corrected chi connectivity index (χ0v) is 75.6. The van der Waals surface area contributed by atoms with Crippen molar-refractivity contribution in [3.63, 3.8) is 0 Å². The van der Waals surface area contributed by atoms with E-state index in [-0.39, 0.29) is 0 Å². The first kappa shape index (κ1) is 77.0. The third-order valence-corrected chi connectivity index (χ3v) is 29.6. The van der Waals surface area contributed by atoms with Gasteiger partial charge in [0.15, 0.2) is 0 Å². The highest BCUT2D eigenvalue weighted by molar-refractivity contribution is 6.29. The maximum Gasteiger partial charge on any atom is 0.147 e. The van der Waals surface area contributed by atoms with E-state index in [1.165, 1.54) is 136 Å². The zero-order valence-electron chi connectivity index (χ0n) is 75.6. The molecule has 19 aromatic carbocycles. The standard InChI is InChI=1S/C43H26N4.2C42H25N5/c1-3-13-27(14-4-1)45-37-20-10-8-18-30(37)33-24-41-34(25-40(33)45)32-23-31-29-17-7-11-21-38(29)47-39-22-12-9-19-36(39)44-43(47)35(31)26-42(32)46(41)28-15-5-2-6-16-28;1-3-12-26(13-4-1)45-36-19-9-7-16-28(36)32-23-39-33(24-38(32)45)31-22-30-29-17-11-21-43-41(29)47-37-20-10-8-18-35(37)44-42(47)34(30)25-40(31)46(39)27-14-5-2-6-15-27;1-3-12-26(13-4-1)45-35-18-9-7-16-28(35)30-23-39-31(24-38(30)45)29-22-32-33(25-40(29)46(39)27-14-5-2-6-15-27)42-44-34-17-8-10-19-36(34)47(42)37-20-11-21-43-41(32)37/h1-26H;2*1-25H. The quantitative estimate of drug-likeness (QED) is 0.154. The van der Waals surface area contributed by atoms with Crippen LogP contribution in [-0.4, -0.2) is 65.5 Å². The summed E-state index contributed by atoms with van der Waals surface area (Å²) in [5.41, 5.74) is 34.3. The van der Waals surface area contributed by atoms with Gasteiger partial charge in [0.2, 0.25) is 0 Å². The topological polar surface area (TPSA) is 107 Å². The predicted molar refractivity (Wildman–Crippen MR) is 585 cm³/mol. The largest absolute Gasteiger partial charge is 0.309 e. The maximum absolute atomic E-state index is 5.22. The van der Waals surface area contributed by atoms with Crippen molar-refractivity contribution in [1.29, 1.82) is 0 Å². The summed E-state index contributed by atoms with van der Waals surface area (Å²) in [7, 11) is 0. The van der Waals surface area contributed by atoms with Gasteiger partial charge in [-0.15, -0.1) is 0 Å². The summed E-state index contributed by atoms with van der Waals surface area (Å²) < 4.78 is 21.3. The molecule has 14 heteroatoms. The van der Waals surface area contributed by atoms with Crippen molar-refractivity contribution >= 4 is 246 Å². The summed E-state index contributed by atoms with van der Waals surface area (Å²) in [6.07, 6.45) is 3.77. The van der Waals surface area contributed by atoms with Crippen molar-refractivity contribution in [3.8, 4) is 34.1 Å². The van der Waals surface area contributed by atoms with Crippen LogP contribution in [-0.2, 0) is 0 Å². The molecule has 0 bridgehead atoms. The van der Waals surface area contributed by atoms with Crippen molar-refractivity contribution in [2.45, 2.75) is 0 Å².